The van der Waals surface area contributed by atoms with Gasteiger partial charge in [-0.05, 0) is 19.8 Å². The van der Waals surface area contributed by atoms with Crippen LogP contribution >= 0.6 is 0 Å². The maximum Gasteiger partial charge on any atom is 0.418 e. The maximum absolute atomic E-state index is 13.1. The predicted molar refractivity (Wildman–Crippen MR) is 57.6 cm³/mol. The Morgan fingerprint density at radius 3 is 2.39 bits per heavy atom. The molecule has 0 aromatic heterocycles. The zero-order valence-electron chi connectivity index (χ0n) is 10.0. The van der Waals surface area contributed by atoms with Gasteiger partial charge in [0.1, 0.15) is 0 Å². The van der Waals surface area contributed by atoms with E-state index in [2.05, 4.69) is 4.74 Å². The Balaban J connectivity index is 4.00. The molecule has 6 nitrogen and oxygen atoms in total. The molecule has 0 spiro atoms. The van der Waals surface area contributed by atoms with E-state index in [1.54, 1.807) is 0 Å². The Hall–Kier alpha value is -1.73. The Bertz CT molecular complexity index is 321. The van der Waals surface area contributed by atoms with Crippen molar-refractivity contribution in [3.63, 3.8) is 0 Å². The number of amides is 2. The standard InChI is InChI=1S/C10H16F2N2O4/c1-2-18-9(17)10(11,12)8(16)14-6-4-3-5-7(13)15/h2-6H2,1H3,(H2,13,15)(H,14,16). The normalized spacial score (nSPS) is 10.8. The zero-order chi connectivity index (χ0) is 14.2. The average Bonchev–Trinajstić information content (AvgIpc) is 2.28. The molecule has 0 heterocycles. The van der Waals surface area contributed by atoms with Crippen molar-refractivity contribution in [3.8, 4) is 0 Å². The van der Waals surface area contributed by atoms with Gasteiger partial charge in [-0.15, -0.1) is 0 Å². The summed E-state index contributed by atoms with van der Waals surface area (Å²) in [5.41, 5.74) is 4.87. The van der Waals surface area contributed by atoms with Crippen molar-refractivity contribution in [1.29, 1.82) is 0 Å². The van der Waals surface area contributed by atoms with E-state index in [0.29, 0.717) is 12.8 Å². The Kier molecular flexibility index (Phi) is 6.84. The lowest BCUT2D eigenvalue weighted by molar-refractivity contribution is -0.177. The number of rotatable bonds is 8. The third-order valence-electron chi connectivity index (χ3n) is 1.95. The van der Waals surface area contributed by atoms with Crippen molar-refractivity contribution in [3.05, 3.63) is 0 Å². The van der Waals surface area contributed by atoms with E-state index in [4.69, 9.17) is 5.73 Å². The topological polar surface area (TPSA) is 98.5 Å². The largest absolute Gasteiger partial charge is 0.461 e. The molecule has 18 heavy (non-hydrogen) atoms. The molecule has 0 radical (unpaired) electrons. The Morgan fingerprint density at radius 1 is 1.28 bits per heavy atom. The summed E-state index contributed by atoms with van der Waals surface area (Å²) in [6.45, 7) is 1.05. The molecule has 0 bridgehead atoms. The average molecular weight is 266 g/mol. The van der Waals surface area contributed by atoms with Gasteiger partial charge in [0, 0.05) is 13.0 Å². The van der Waals surface area contributed by atoms with Gasteiger partial charge in [0.05, 0.1) is 6.61 Å². The number of hydrogen-bond donors (Lipinski definition) is 2. The van der Waals surface area contributed by atoms with Gasteiger partial charge < -0.3 is 15.8 Å². The van der Waals surface area contributed by atoms with E-state index < -0.39 is 23.7 Å². The molecule has 0 saturated carbocycles. The number of esters is 1. The van der Waals surface area contributed by atoms with Crippen LogP contribution in [0.2, 0.25) is 0 Å². The van der Waals surface area contributed by atoms with E-state index in [0.717, 1.165) is 0 Å². The highest BCUT2D eigenvalue weighted by molar-refractivity contribution is 6.04. The molecule has 0 rings (SSSR count). The quantitative estimate of drug-likeness (QED) is 0.366. The predicted octanol–water partition coefficient (Wildman–Crippen LogP) is -0.0434. The van der Waals surface area contributed by atoms with Gasteiger partial charge in [0.25, 0.3) is 0 Å². The number of unbranched alkanes of at least 4 members (excludes halogenated alkanes) is 1. The first-order valence-electron chi connectivity index (χ1n) is 5.44. The summed E-state index contributed by atoms with van der Waals surface area (Å²) < 4.78 is 30.2. The first-order valence-corrected chi connectivity index (χ1v) is 5.44. The summed E-state index contributed by atoms with van der Waals surface area (Å²) in [5.74, 6) is -8.28. The molecule has 0 saturated heterocycles. The van der Waals surface area contributed by atoms with Gasteiger partial charge >= 0.3 is 17.8 Å². The molecular formula is C10H16F2N2O4. The van der Waals surface area contributed by atoms with Crippen LogP contribution in [0.1, 0.15) is 26.2 Å². The number of hydrogen-bond acceptors (Lipinski definition) is 4. The lowest BCUT2D eigenvalue weighted by Gasteiger charge is -2.14. The summed E-state index contributed by atoms with van der Waals surface area (Å²) in [7, 11) is 0. The monoisotopic (exact) mass is 266 g/mol. The van der Waals surface area contributed by atoms with E-state index in [9.17, 15) is 23.2 Å². The number of carbonyl (C=O) groups is 3. The van der Waals surface area contributed by atoms with Crippen molar-refractivity contribution < 1.29 is 27.9 Å². The third kappa shape index (κ3) is 5.55. The molecular weight excluding hydrogens is 250 g/mol. The van der Waals surface area contributed by atoms with Crippen molar-refractivity contribution in [2.24, 2.45) is 5.73 Å². The number of nitrogens with one attached hydrogen (secondary N) is 1. The van der Waals surface area contributed by atoms with E-state index >= 15 is 0 Å². The van der Waals surface area contributed by atoms with Crippen LogP contribution in [0.25, 0.3) is 0 Å². The van der Waals surface area contributed by atoms with Gasteiger partial charge in [-0.25, -0.2) is 4.79 Å². The number of halogens is 2. The van der Waals surface area contributed by atoms with Crippen LogP contribution < -0.4 is 11.1 Å². The van der Waals surface area contributed by atoms with E-state index in [1.165, 1.54) is 6.92 Å². The second-order valence-corrected chi connectivity index (χ2v) is 3.47. The summed E-state index contributed by atoms with van der Waals surface area (Å²) in [5, 5.41) is 1.89. The molecule has 0 unspecified atom stereocenters. The first kappa shape index (κ1) is 16.3. The van der Waals surface area contributed by atoms with Crippen LogP contribution in [0.3, 0.4) is 0 Å². The fraction of sp³-hybridized carbons (Fsp3) is 0.700. The van der Waals surface area contributed by atoms with Crippen LogP contribution in [0, 0.1) is 0 Å². The maximum atomic E-state index is 13.1. The highest BCUT2D eigenvalue weighted by Gasteiger charge is 2.48. The lowest BCUT2D eigenvalue weighted by atomic mass is 10.2. The van der Waals surface area contributed by atoms with Gasteiger partial charge in [0.2, 0.25) is 5.91 Å². The molecule has 0 aromatic rings. The minimum absolute atomic E-state index is 0.0683. The zero-order valence-corrected chi connectivity index (χ0v) is 10.0. The summed E-state index contributed by atoms with van der Waals surface area (Å²) in [4.78, 5) is 32.2. The highest BCUT2D eigenvalue weighted by Crippen LogP contribution is 2.15. The third-order valence-corrected chi connectivity index (χ3v) is 1.95. The van der Waals surface area contributed by atoms with Gasteiger partial charge in [0.15, 0.2) is 0 Å². The van der Waals surface area contributed by atoms with Crippen LogP contribution in [0.5, 0.6) is 0 Å². The molecule has 0 aromatic carbocycles. The van der Waals surface area contributed by atoms with Crippen molar-refractivity contribution in [2.75, 3.05) is 13.2 Å². The molecule has 0 fully saturated rings. The van der Waals surface area contributed by atoms with Crippen LogP contribution in [0.15, 0.2) is 0 Å². The molecule has 0 aliphatic heterocycles. The molecule has 104 valence electrons. The molecule has 2 amide bonds. The Morgan fingerprint density at radius 2 is 1.89 bits per heavy atom. The lowest BCUT2D eigenvalue weighted by Crippen LogP contribution is -2.47. The second kappa shape index (κ2) is 7.57. The van der Waals surface area contributed by atoms with Crippen LogP contribution in [-0.4, -0.2) is 36.9 Å². The minimum Gasteiger partial charge on any atom is -0.461 e. The summed E-state index contributed by atoms with van der Waals surface area (Å²) >= 11 is 0. The van der Waals surface area contributed by atoms with Crippen LogP contribution in [-0.2, 0) is 19.1 Å². The van der Waals surface area contributed by atoms with Crippen molar-refractivity contribution in [1.82, 2.24) is 5.32 Å². The fourth-order valence-corrected chi connectivity index (χ4v) is 1.05. The number of ether oxygens (including phenoxy) is 1. The highest BCUT2D eigenvalue weighted by atomic mass is 19.3. The van der Waals surface area contributed by atoms with Crippen molar-refractivity contribution in [2.45, 2.75) is 32.1 Å². The number of alkyl halides is 2. The van der Waals surface area contributed by atoms with Crippen LogP contribution in [0.4, 0.5) is 8.78 Å². The van der Waals surface area contributed by atoms with Crippen molar-refractivity contribution >= 4 is 17.8 Å². The fourth-order valence-electron chi connectivity index (χ4n) is 1.05. The van der Waals surface area contributed by atoms with Gasteiger partial charge in [-0.2, -0.15) is 8.78 Å². The van der Waals surface area contributed by atoms with E-state index in [1.807, 2.05) is 5.32 Å². The number of primary amides is 1. The molecule has 3 N–H and O–H groups in total. The number of nitrogens with two attached hydrogens (primary N) is 1. The van der Waals surface area contributed by atoms with E-state index in [-0.39, 0.29) is 19.6 Å². The minimum atomic E-state index is -4.19. The molecule has 0 aliphatic carbocycles. The molecule has 8 heteroatoms. The summed E-state index contributed by atoms with van der Waals surface area (Å²) in [6, 6.07) is 0. The van der Waals surface area contributed by atoms with Gasteiger partial charge in [-0.1, -0.05) is 0 Å². The number of carbonyl (C=O) groups excluding carboxylic acids is 3. The first-order chi connectivity index (χ1) is 8.32. The molecule has 0 aliphatic rings. The molecule has 0 atom stereocenters. The summed E-state index contributed by atoms with van der Waals surface area (Å²) in [6.07, 6.45) is 0.804. The second-order valence-electron chi connectivity index (χ2n) is 3.47. The Labute approximate surface area is 103 Å². The van der Waals surface area contributed by atoms with Gasteiger partial charge in [-0.3, -0.25) is 9.59 Å². The smallest absolute Gasteiger partial charge is 0.418 e. The SMILES string of the molecule is CCOC(=O)C(F)(F)C(=O)NCCCCC(N)=O.